The van der Waals surface area contributed by atoms with Crippen LogP contribution in [-0.2, 0) is 12.8 Å². The number of benzene rings is 1. The SMILES string of the molecule is CCc1nc(-n2ccc3c(nnc4c(-c5ccc(OC)cc5)c(CC)nn43)c2=O)n[nH]1. The van der Waals surface area contributed by atoms with Crippen molar-refractivity contribution in [2.45, 2.75) is 26.7 Å². The predicted octanol–water partition coefficient (Wildman–Crippen LogP) is 2.35. The van der Waals surface area contributed by atoms with Gasteiger partial charge in [0.2, 0.25) is 0 Å². The topological polar surface area (TPSA) is 116 Å². The lowest BCUT2D eigenvalue weighted by atomic mass is 10.0. The van der Waals surface area contributed by atoms with Crippen LogP contribution >= 0.6 is 0 Å². The van der Waals surface area contributed by atoms with E-state index in [1.807, 2.05) is 38.1 Å². The van der Waals surface area contributed by atoms with Gasteiger partial charge in [-0.15, -0.1) is 15.3 Å². The molecule has 0 unspecified atom stereocenters. The Hall–Kier alpha value is -4.08. The summed E-state index contributed by atoms with van der Waals surface area (Å²) in [4.78, 5) is 17.4. The van der Waals surface area contributed by atoms with Gasteiger partial charge in [0.1, 0.15) is 17.1 Å². The minimum Gasteiger partial charge on any atom is -0.497 e. The number of ether oxygens (including phenoxy) is 1. The van der Waals surface area contributed by atoms with Gasteiger partial charge in [-0.3, -0.25) is 9.89 Å². The molecule has 0 saturated carbocycles. The summed E-state index contributed by atoms with van der Waals surface area (Å²) in [6.07, 6.45) is 3.03. The summed E-state index contributed by atoms with van der Waals surface area (Å²) < 4.78 is 8.30. The van der Waals surface area contributed by atoms with E-state index < -0.39 is 0 Å². The van der Waals surface area contributed by atoms with Gasteiger partial charge in [0, 0.05) is 12.6 Å². The summed E-state index contributed by atoms with van der Waals surface area (Å²) >= 11 is 0. The molecule has 0 aliphatic carbocycles. The fourth-order valence-electron chi connectivity index (χ4n) is 3.60. The molecule has 0 radical (unpaired) electrons. The van der Waals surface area contributed by atoms with Crippen LogP contribution in [0.5, 0.6) is 5.75 Å². The molecule has 0 spiro atoms. The van der Waals surface area contributed by atoms with Gasteiger partial charge in [0.25, 0.3) is 11.5 Å². The third-order valence-electron chi connectivity index (χ3n) is 5.24. The van der Waals surface area contributed by atoms with Crippen LogP contribution in [0.1, 0.15) is 25.4 Å². The maximum Gasteiger partial charge on any atom is 0.287 e. The standard InChI is InChI=1S/C21H20N8O2/c1-4-14-17(12-6-8-13(31-3)9-7-12)19-25-24-18-15(29(19)27-14)10-11-28(20(18)30)21-22-16(5-2)23-26-21/h6-11H,4-5H2,1-3H3,(H,22,23,26). The van der Waals surface area contributed by atoms with Crippen molar-refractivity contribution in [1.29, 1.82) is 0 Å². The summed E-state index contributed by atoms with van der Waals surface area (Å²) in [5.74, 6) is 1.75. The van der Waals surface area contributed by atoms with E-state index in [0.717, 1.165) is 22.6 Å². The Kier molecular flexibility index (Phi) is 4.46. The zero-order valence-electron chi connectivity index (χ0n) is 17.3. The minimum atomic E-state index is -0.354. The zero-order chi connectivity index (χ0) is 21.5. The van der Waals surface area contributed by atoms with E-state index in [9.17, 15) is 4.79 Å². The molecule has 0 saturated heterocycles. The number of aromatic nitrogens is 8. The lowest BCUT2D eigenvalue weighted by Crippen LogP contribution is -2.21. The average molecular weight is 416 g/mol. The van der Waals surface area contributed by atoms with Crippen LogP contribution in [-0.4, -0.2) is 46.7 Å². The lowest BCUT2D eigenvalue weighted by molar-refractivity contribution is 0.415. The number of hydrogen-bond donors (Lipinski definition) is 1. The smallest absolute Gasteiger partial charge is 0.287 e. The number of hydrogen-bond acceptors (Lipinski definition) is 7. The lowest BCUT2D eigenvalue weighted by Gasteiger charge is -2.05. The zero-order valence-corrected chi connectivity index (χ0v) is 17.3. The largest absolute Gasteiger partial charge is 0.497 e. The maximum atomic E-state index is 13.1. The molecule has 1 aromatic carbocycles. The second-order valence-corrected chi connectivity index (χ2v) is 7.00. The molecule has 0 atom stereocenters. The van der Waals surface area contributed by atoms with Crippen LogP contribution in [0.4, 0.5) is 0 Å². The fraction of sp³-hybridized carbons (Fsp3) is 0.238. The first kappa shape index (κ1) is 18.9. The van der Waals surface area contributed by atoms with Crippen LogP contribution in [0.25, 0.3) is 33.8 Å². The Labute approximate surface area is 176 Å². The van der Waals surface area contributed by atoms with Crippen molar-refractivity contribution in [2.24, 2.45) is 0 Å². The van der Waals surface area contributed by atoms with E-state index in [1.54, 1.807) is 23.9 Å². The molecule has 10 heteroatoms. The van der Waals surface area contributed by atoms with E-state index in [0.29, 0.717) is 29.8 Å². The van der Waals surface area contributed by atoms with Crippen LogP contribution in [0.3, 0.4) is 0 Å². The number of fused-ring (bicyclic) bond motifs is 3. The molecule has 0 fully saturated rings. The van der Waals surface area contributed by atoms with E-state index in [-0.39, 0.29) is 17.0 Å². The molecule has 1 N–H and O–H groups in total. The highest BCUT2D eigenvalue weighted by atomic mass is 16.5. The highest BCUT2D eigenvalue weighted by Crippen LogP contribution is 2.30. The van der Waals surface area contributed by atoms with Gasteiger partial charge in [0.15, 0.2) is 11.2 Å². The van der Waals surface area contributed by atoms with Crippen molar-refractivity contribution >= 4 is 16.7 Å². The molecule has 4 heterocycles. The number of H-pyrrole nitrogens is 1. The highest BCUT2D eigenvalue weighted by molar-refractivity contribution is 5.84. The fourth-order valence-corrected chi connectivity index (χ4v) is 3.60. The van der Waals surface area contributed by atoms with Gasteiger partial charge < -0.3 is 4.74 Å². The second-order valence-electron chi connectivity index (χ2n) is 7.00. The summed E-state index contributed by atoms with van der Waals surface area (Å²) in [7, 11) is 1.63. The first-order chi connectivity index (χ1) is 15.1. The Morgan fingerprint density at radius 3 is 2.55 bits per heavy atom. The Bertz CT molecular complexity index is 1460. The maximum absolute atomic E-state index is 13.1. The van der Waals surface area contributed by atoms with E-state index in [4.69, 9.17) is 9.84 Å². The Morgan fingerprint density at radius 1 is 1.06 bits per heavy atom. The van der Waals surface area contributed by atoms with Gasteiger partial charge in [0.05, 0.1) is 18.4 Å². The molecule has 0 aliphatic rings. The van der Waals surface area contributed by atoms with E-state index >= 15 is 0 Å². The number of rotatable bonds is 5. The number of nitrogens with zero attached hydrogens (tertiary/aromatic N) is 7. The van der Waals surface area contributed by atoms with Crippen molar-refractivity contribution in [2.75, 3.05) is 7.11 Å². The quantitative estimate of drug-likeness (QED) is 0.467. The molecular formula is C21H20N8O2. The molecule has 0 amide bonds. The number of aryl methyl sites for hydroxylation is 2. The minimum absolute atomic E-state index is 0.198. The average Bonchev–Trinajstić information content (AvgIpc) is 3.44. The molecular weight excluding hydrogens is 396 g/mol. The number of pyridine rings is 1. The van der Waals surface area contributed by atoms with Gasteiger partial charge in [-0.05, 0) is 30.2 Å². The van der Waals surface area contributed by atoms with E-state index in [2.05, 4.69) is 25.4 Å². The second kappa shape index (κ2) is 7.31. The van der Waals surface area contributed by atoms with Gasteiger partial charge >= 0.3 is 0 Å². The molecule has 10 nitrogen and oxygen atoms in total. The molecule has 156 valence electrons. The first-order valence-electron chi connectivity index (χ1n) is 10.00. The van der Waals surface area contributed by atoms with E-state index in [1.165, 1.54) is 4.57 Å². The van der Waals surface area contributed by atoms with Crippen molar-refractivity contribution in [3.63, 3.8) is 0 Å². The molecule has 4 aromatic heterocycles. The third-order valence-corrected chi connectivity index (χ3v) is 5.24. The summed E-state index contributed by atoms with van der Waals surface area (Å²) in [6.45, 7) is 3.99. The van der Waals surface area contributed by atoms with Crippen LogP contribution in [0.2, 0.25) is 0 Å². The van der Waals surface area contributed by atoms with Gasteiger partial charge in [-0.1, -0.05) is 26.0 Å². The normalized spacial score (nSPS) is 11.5. The van der Waals surface area contributed by atoms with Crippen LogP contribution in [0.15, 0.2) is 41.3 Å². The van der Waals surface area contributed by atoms with Crippen molar-refractivity contribution in [3.8, 4) is 22.8 Å². The predicted molar refractivity (Wildman–Crippen MR) is 115 cm³/mol. The summed E-state index contributed by atoms with van der Waals surface area (Å²) in [6, 6.07) is 9.51. The van der Waals surface area contributed by atoms with Gasteiger partial charge in [-0.25, -0.2) is 9.08 Å². The molecule has 5 rings (SSSR count). The van der Waals surface area contributed by atoms with Crippen molar-refractivity contribution in [3.05, 3.63) is 58.4 Å². The summed E-state index contributed by atoms with van der Waals surface area (Å²) in [5.41, 5.74) is 3.74. The van der Waals surface area contributed by atoms with Gasteiger partial charge in [-0.2, -0.15) is 10.1 Å². The van der Waals surface area contributed by atoms with Crippen molar-refractivity contribution in [1.82, 2.24) is 39.6 Å². The molecule has 5 aromatic rings. The molecule has 31 heavy (non-hydrogen) atoms. The van der Waals surface area contributed by atoms with Crippen LogP contribution < -0.4 is 10.3 Å². The Balaban J connectivity index is 1.72. The van der Waals surface area contributed by atoms with Crippen LogP contribution in [0, 0.1) is 0 Å². The highest BCUT2D eigenvalue weighted by Gasteiger charge is 2.19. The molecule has 0 bridgehead atoms. The van der Waals surface area contributed by atoms with Crippen molar-refractivity contribution < 1.29 is 4.74 Å². The Morgan fingerprint density at radius 2 is 1.87 bits per heavy atom. The third kappa shape index (κ3) is 2.95. The number of nitrogens with one attached hydrogen (secondary N) is 1. The summed E-state index contributed by atoms with van der Waals surface area (Å²) in [5, 5.41) is 20.3. The number of methoxy groups -OCH3 is 1. The number of aromatic amines is 1. The first-order valence-corrected chi connectivity index (χ1v) is 10.00. The monoisotopic (exact) mass is 416 g/mol. The molecule has 0 aliphatic heterocycles.